The number of aromatic nitrogens is 3. The largest absolute Gasteiger partial charge is 0.468 e. The van der Waals surface area contributed by atoms with Gasteiger partial charge in [-0.3, -0.25) is 0 Å². The predicted molar refractivity (Wildman–Crippen MR) is 66.5 cm³/mol. The molecule has 118 valence electrons. The number of nitrogens with zero attached hydrogens (tertiary/aromatic N) is 3. The molecule has 0 aliphatic carbocycles. The van der Waals surface area contributed by atoms with Crippen molar-refractivity contribution >= 4 is 5.82 Å². The van der Waals surface area contributed by atoms with Crippen LogP contribution in [-0.2, 0) is 6.61 Å². The third-order valence-electron chi connectivity index (χ3n) is 2.30. The normalized spacial score (nSPS) is 11.3. The number of alkyl halides is 3. The van der Waals surface area contributed by atoms with E-state index in [2.05, 4.69) is 19.7 Å². The Hall–Kier alpha value is -2.65. The molecule has 0 radical (unpaired) electrons. The van der Waals surface area contributed by atoms with Gasteiger partial charge in [-0.1, -0.05) is 0 Å². The van der Waals surface area contributed by atoms with E-state index in [-0.39, 0.29) is 24.3 Å². The van der Waals surface area contributed by atoms with E-state index in [1.54, 1.807) is 0 Å². The summed E-state index contributed by atoms with van der Waals surface area (Å²) >= 11 is 0. The SMILES string of the molecule is Nc1nc(OCc2ccc(OCC(F)(F)F)nc2)ncc1F. The standard InChI is InChI=1S/C12H10F4N4O2/c13-8-4-19-11(20-10(8)17)21-5-7-1-2-9(18-3-7)22-6-12(14,15)16/h1-4H,5-6H2,(H2,17,19,20). The number of nitrogen functional groups attached to an aromatic ring is 1. The molecule has 0 aliphatic rings. The van der Waals surface area contributed by atoms with Gasteiger partial charge in [0.05, 0.1) is 6.20 Å². The maximum absolute atomic E-state index is 12.9. The Morgan fingerprint density at radius 3 is 2.45 bits per heavy atom. The summed E-state index contributed by atoms with van der Waals surface area (Å²) < 4.78 is 58.4. The summed E-state index contributed by atoms with van der Waals surface area (Å²) in [4.78, 5) is 10.8. The first-order valence-electron chi connectivity index (χ1n) is 5.89. The fourth-order valence-electron chi connectivity index (χ4n) is 1.32. The predicted octanol–water partition coefficient (Wildman–Crippen LogP) is 2.11. The van der Waals surface area contributed by atoms with Gasteiger partial charge in [-0.15, -0.1) is 0 Å². The highest BCUT2D eigenvalue weighted by atomic mass is 19.4. The number of halogens is 4. The third kappa shape index (κ3) is 4.72. The van der Waals surface area contributed by atoms with Crippen LogP contribution in [0.4, 0.5) is 23.4 Å². The van der Waals surface area contributed by atoms with Crippen LogP contribution in [0.15, 0.2) is 24.5 Å². The van der Waals surface area contributed by atoms with Crippen LogP contribution in [0.25, 0.3) is 0 Å². The topological polar surface area (TPSA) is 83.2 Å². The lowest BCUT2D eigenvalue weighted by Gasteiger charge is -2.09. The summed E-state index contributed by atoms with van der Waals surface area (Å²) in [6.07, 6.45) is -2.29. The van der Waals surface area contributed by atoms with Crippen molar-refractivity contribution < 1.29 is 27.0 Å². The molecular weight excluding hydrogens is 308 g/mol. The lowest BCUT2D eigenvalue weighted by Crippen LogP contribution is -2.19. The van der Waals surface area contributed by atoms with Gasteiger partial charge in [0.2, 0.25) is 5.88 Å². The van der Waals surface area contributed by atoms with Crippen molar-refractivity contribution in [1.29, 1.82) is 0 Å². The number of hydrogen-bond acceptors (Lipinski definition) is 6. The van der Waals surface area contributed by atoms with Gasteiger partial charge < -0.3 is 15.2 Å². The molecule has 2 aromatic heterocycles. The Morgan fingerprint density at radius 2 is 1.86 bits per heavy atom. The van der Waals surface area contributed by atoms with Gasteiger partial charge in [-0.25, -0.2) is 14.4 Å². The third-order valence-corrected chi connectivity index (χ3v) is 2.30. The van der Waals surface area contributed by atoms with Crippen LogP contribution in [0.3, 0.4) is 0 Å². The Morgan fingerprint density at radius 1 is 1.09 bits per heavy atom. The first-order chi connectivity index (χ1) is 10.3. The molecule has 2 heterocycles. The van der Waals surface area contributed by atoms with Gasteiger partial charge in [0.25, 0.3) is 0 Å². The quantitative estimate of drug-likeness (QED) is 0.850. The Balaban J connectivity index is 1.89. The molecule has 6 nitrogen and oxygen atoms in total. The second-order valence-electron chi connectivity index (χ2n) is 4.08. The minimum absolute atomic E-state index is 0.0162. The molecule has 0 bridgehead atoms. The summed E-state index contributed by atoms with van der Waals surface area (Å²) in [5, 5.41) is 0. The van der Waals surface area contributed by atoms with Crippen LogP contribution in [0.5, 0.6) is 11.9 Å². The Bertz CT molecular complexity index is 634. The number of ether oxygens (including phenoxy) is 2. The lowest BCUT2D eigenvalue weighted by molar-refractivity contribution is -0.154. The van der Waals surface area contributed by atoms with E-state index in [1.807, 2.05) is 0 Å². The van der Waals surface area contributed by atoms with Crippen molar-refractivity contribution in [3.8, 4) is 11.9 Å². The molecule has 22 heavy (non-hydrogen) atoms. The van der Waals surface area contributed by atoms with Gasteiger partial charge in [0.15, 0.2) is 18.2 Å². The average molecular weight is 318 g/mol. The molecule has 0 atom stereocenters. The van der Waals surface area contributed by atoms with Crippen molar-refractivity contribution in [1.82, 2.24) is 15.0 Å². The number of anilines is 1. The smallest absolute Gasteiger partial charge is 0.422 e. The fourth-order valence-corrected chi connectivity index (χ4v) is 1.32. The molecule has 2 aromatic rings. The summed E-state index contributed by atoms with van der Waals surface area (Å²) in [6, 6.07) is 2.60. The zero-order valence-electron chi connectivity index (χ0n) is 11.0. The molecule has 0 unspecified atom stereocenters. The maximum atomic E-state index is 12.9. The first-order valence-corrected chi connectivity index (χ1v) is 5.89. The molecule has 0 aromatic carbocycles. The second kappa shape index (κ2) is 6.41. The molecule has 0 amide bonds. The molecule has 0 spiro atoms. The summed E-state index contributed by atoms with van der Waals surface area (Å²) in [7, 11) is 0. The van der Waals surface area contributed by atoms with Crippen LogP contribution in [0.2, 0.25) is 0 Å². The van der Waals surface area contributed by atoms with Crippen LogP contribution >= 0.6 is 0 Å². The maximum Gasteiger partial charge on any atom is 0.422 e. The van der Waals surface area contributed by atoms with E-state index < -0.39 is 18.6 Å². The van der Waals surface area contributed by atoms with Crippen LogP contribution in [0, 0.1) is 5.82 Å². The molecule has 2 rings (SSSR count). The van der Waals surface area contributed by atoms with Crippen LogP contribution < -0.4 is 15.2 Å². The van der Waals surface area contributed by atoms with Crippen molar-refractivity contribution in [2.45, 2.75) is 12.8 Å². The highest BCUT2D eigenvalue weighted by Gasteiger charge is 2.28. The number of hydrogen-bond donors (Lipinski definition) is 1. The van der Waals surface area contributed by atoms with Crippen molar-refractivity contribution in [3.63, 3.8) is 0 Å². The molecule has 0 fully saturated rings. The van der Waals surface area contributed by atoms with Crippen molar-refractivity contribution in [2.24, 2.45) is 0 Å². The van der Waals surface area contributed by atoms with Gasteiger partial charge in [-0.05, 0) is 6.07 Å². The summed E-state index contributed by atoms with van der Waals surface area (Å²) in [6.45, 7) is -1.43. The van der Waals surface area contributed by atoms with E-state index in [4.69, 9.17) is 10.5 Å². The lowest BCUT2D eigenvalue weighted by atomic mass is 10.3. The van der Waals surface area contributed by atoms with Crippen molar-refractivity contribution in [2.75, 3.05) is 12.3 Å². The average Bonchev–Trinajstić information content (AvgIpc) is 2.47. The van der Waals surface area contributed by atoms with E-state index in [0.717, 1.165) is 6.20 Å². The van der Waals surface area contributed by atoms with Crippen LogP contribution in [0.1, 0.15) is 5.56 Å². The second-order valence-corrected chi connectivity index (χ2v) is 4.08. The number of nitrogens with two attached hydrogens (primary N) is 1. The number of rotatable bonds is 5. The van der Waals surface area contributed by atoms with Gasteiger partial charge in [0, 0.05) is 17.8 Å². The van der Waals surface area contributed by atoms with E-state index in [9.17, 15) is 17.6 Å². The molecule has 2 N–H and O–H groups in total. The minimum atomic E-state index is -4.43. The van der Waals surface area contributed by atoms with E-state index in [0.29, 0.717) is 5.56 Å². The highest BCUT2D eigenvalue weighted by Crippen LogP contribution is 2.17. The van der Waals surface area contributed by atoms with E-state index >= 15 is 0 Å². The van der Waals surface area contributed by atoms with Gasteiger partial charge in [-0.2, -0.15) is 18.2 Å². The minimum Gasteiger partial charge on any atom is -0.468 e. The molecular formula is C12H10F4N4O2. The monoisotopic (exact) mass is 318 g/mol. The van der Waals surface area contributed by atoms with Crippen LogP contribution in [-0.4, -0.2) is 27.7 Å². The van der Waals surface area contributed by atoms with Gasteiger partial charge in [0.1, 0.15) is 6.61 Å². The summed E-state index contributed by atoms with van der Waals surface area (Å²) in [5.41, 5.74) is 5.78. The zero-order chi connectivity index (χ0) is 16.2. The molecule has 0 saturated heterocycles. The molecule has 0 aliphatic heterocycles. The van der Waals surface area contributed by atoms with E-state index in [1.165, 1.54) is 18.3 Å². The number of pyridine rings is 1. The zero-order valence-corrected chi connectivity index (χ0v) is 11.0. The molecule has 10 heteroatoms. The van der Waals surface area contributed by atoms with Gasteiger partial charge >= 0.3 is 12.2 Å². The summed E-state index contributed by atoms with van der Waals surface area (Å²) in [5.74, 6) is -1.28. The first kappa shape index (κ1) is 15.7. The fraction of sp³-hybridized carbons (Fsp3) is 0.250. The van der Waals surface area contributed by atoms with Crippen molar-refractivity contribution in [3.05, 3.63) is 35.9 Å². The molecule has 0 saturated carbocycles. The Kier molecular flexibility index (Phi) is 4.59. The highest BCUT2D eigenvalue weighted by molar-refractivity contribution is 5.29. The Labute approximate surface area is 121 Å².